The molecule has 6 nitrogen and oxygen atoms in total. The quantitative estimate of drug-likeness (QED) is 0.731. The summed E-state index contributed by atoms with van der Waals surface area (Å²) in [6, 6.07) is 2.78. The molecule has 0 unspecified atom stereocenters. The monoisotopic (exact) mass is 195 g/mol. The summed E-state index contributed by atoms with van der Waals surface area (Å²) in [6.07, 6.45) is 1.51. The molecule has 0 spiro atoms. The SMILES string of the molecule is N[C@H](CO)c1nc(-c2ccco2)no1. The van der Waals surface area contributed by atoms with Gasteiger partial charge in [-0.1, -0.05) is 5.16 Å². The third-order valence-corrected chi connectivity index (χ3v) is 1.70. The fraction of sp³-hybridized carbons (Fsp3) is 0.250. The van der Waals surface area contributed by atoms with Gasteiger partial charge >= 0.3 is 0 Å². The van der Waals surface area contributed by atoms with Gasteiger partial charge in [0.15, 0.2) is 5.76 Å². The topological polar surface area (TPSA) is 98.3 Å². The second-order valence-corrected chi connectivity index (χ2v) is 2.72. The van der Waals surface area contributed by atoms with E-state index >= 15 is 0 Å². The Labute approximate surface area is 79.3 Å². The third-order valence-electron chi connectivity index (χ3n) is 1.70. The van der Waals surface area contributed by atoms with Gasteiger partial charge in [-0.05, 0) is 12.1 Å². The van der Waals surface area contributed by atoms with Crippen LogP contribution < -0.4 is 5.73 Å². The van der Waals surface area contributed by atoms with Gasteiger partial charge in [0, 0.05) is 0 Å². The molecule has 3 N–H and O–H groups in total. The molecule has 0 aliphatic rings. The van der Waals surface area contributed by atoms with Crippen molar-refractivity contribution in [3.63, 3.8) is 0 Å². The minimum absolute atomic E-state index is 0.193. The molecule has 0 aliphatic heterocycles. The highest BCUT2D eigenvalue weighted by Gasteiger charge is 2.15. The van der Waals surface area contributed by atoms with Crippen LogP contribution >= 0.6 is 0 Å². The molecule has 1 atom stereocenters. The molecule has 2 aromatic heterocycles. The number of aliphatic hydroxyl groups is 1. The van der Waals surface area contributed by atoms with Crippen molar-refractivity contribution in [1.82, 2.24) is 10.1 Å². The number of nitrogens with two attached hydrogens (primary N) is 1. The van der Waals surface area contributed by atoms with Crippen molar-refractivity contribution in [3.8, 4) is 11.6 Å². The first-order chi connectivity index (χ1) is 6.81. The van der Waals surface area contributed by atoms with Gasteiger partial charge in [0.1, 0.15) is 6.04 Å². The van der Waals surface area contributed by atoms with Crippen LogP contribution in [0.5, 0.6) is 0 Å². The first-order valence-corrected chi connectivity index (χ1v) is 4.05. The number of nitrogens with zero attached hydrogens (tertiary/aromatic N) is 2. The van der Waals surface area contributed by atoms with Crippen molar-refractivity contribution in [2.75, 3.05) is 6.61 Å². The van der Waals surface area contributed by atoms with Gasteiger partial charge < -0.3 is 19.8 Å². The number of hydrogen-bond acceptors (Lipinski definition) is 6. The number of hydrogen-bond donors (Lipinski definition) is 2. The van der Waals surface area contributed by atoms with Crippen LogP contribution in [0.1, 0.15) is 11.9 Å². The van der Waals surface area contributed by atoms with E-state index in [1.807, 2.05) is 0 Å². The summed E-state index contributed by atoms with van der Waals surface area (Å²) in [4.78, 5) is 3.97. The molecule has 74 valence electrons. The van der Waals surface area contributed by atoms with E-state index in [1.165, 1.54) is 6.26 Å². The Morgan fingerprint density at radius 3 is 3.07 bits per heavy atom. The molecule has 0 amide bonds. The summed E-state index contributed by atoms with van der Waals surface area (Å²) in [5.41, 5.74) is 5.48. The Morgan fingerprint density at radius 1 is 1.57 bits per heavy atom. The van der Waals surface area contributed by atoms with Crippen LogP contribution in [-0.4, -0.2) is 21.9 Å². The highest BCUT2D eigenvalue weighted by Crippen LogP contribution is 2.17. The first-order valence-electron chi connectivity index (χ1n) is 4.05. The van der Waals surface area contributed by atoms with Crippen molar-refractivity contribution >= 4 is 0 Å². The second-order valence-electron chi connectivity index (χ2n) is 2.72. The van der Waals surface area contributed by atoms with Crippen LogP contribution in [0, 0.1) is 0 Å². The number of aromatic nitrogens is 2. The van der Waals surface area contributed by atoms with Crippen LogP contribution in [0.3, 0.4) is 0 Å². The molecule has 0 bridgehead atoms. The predicted octanol–water partition coefficient (Wildman–Crippen LogP) is 0.322. The zero-order valence-electron chi connectivity index (χ0n) is 7.25. The van der Waals surface area contributed by atoms with E-state index < -0.39 is 6.04 Å². The molecule has 2 rings (SSSR count). The van der Waals surface area contributed by atoms with Gasteiger partial charge in [0.25, 0.3) is 0 Å². The average Bonchev–Trinajstić information content (AvgIpc) is 2.86. The zero-order valence-corrected chi connectivity index (χ0v) is 7.25. The minimum atomic E-state index is -0.647. The van der Waals surface area contributed by atoms with Crippen molar-refractivity contribution in [2.24, 2.45) is 5.73 Å². The van der Waals surface area contributed by atoms with Gasteiger partial charge in [-0.3, -0.25) is 0 Å². The van der Waals surface area contributed by atoms with Crippen LogP contribution in [0.2, 0.25) is 0 Å². The largest absolute Gasteiger partial charge is 0.461 e. The highest BCUT2D eigenvalue weighted by molar-refractivity contribution is 5.44. The van der Waals surface area contributed by atoms with Gasteiger partial charge in [0.2, 0.25) is 11.7 Å². The summed E-state index contributed by atoms with van der Waals surface area (Å²) >= 11 is 0. The third kappa shape index (κ3) is 1.52. The Kier molecular flexibility index (Phi) is 2.30. The Hall–Kier alpha value is -1.66. The fourth-order valence-corrected chi connectivity index (χ4v) is 0.970. The van der Waals surface area contributed by atoms with E-state index in [4.69, 9.17) is 19.8 Å². The van der Waals surface area contributed by atoms with Crippen LogP contribution in [0.25, 0.3) is 11.6 Å². The molecule has 6 heteroatoms. The Balaban J connectivity index is 2.26. The van der Waals surface area contributed by atoms with Crippen molar-refractivity contribution < 1.29 is 14.0 Å². The lowest BCUT2D eigenvalue weighted by atomic mass is 10.3. The lowest BCUT2D eigenvalue weighted by Gasteiger charge is -1.98. The first kappa shape index (κ1) is 8.92. The molecule has 0 aliphatic carbocycles. The minimum Gasteiger partial charge on any atom is -0.461 e. The van der Waals surface area contributed by atoms with Crippen LogP contribution in [-0.2, 0) is 0 Å². The van der Waals surface area contributed by atoms with Gasteiger partial charge in [-0.15, -0.1) is 0 Å². The van der Waals surface area contributed by atoms with Crippen molar-refractivity contribution in [1.29, 1.82) is 0 Å². The van der Waals surface area contributed by atoms with Gasteiger partial charge in [0.05, 0.1) is 12.9 Å². The van der Waals surface area contributed by atoms with Crippen LogP contribution in [0.4, 0.5) is 0 Å². The molecule has 0 fully saturated rings. The van der Waals surface area contributed by atoms with Crippen molar-refractivity contribution in [3.05, 3.63) is 24.3 Å². The summed E-state index contributed by atoms with van der Waals surface area (Å²) in [7, 11) is 0. The average molecular weight is 195 g/mol. The molecule has 0 radical (unpaired) electrons. The van der Waals surface area contributed by atoms with Gasteiger partial charge in [-0.25, -0.2) is 0 Å². The molecule has 14 heavy (non-hydrogen) atoms. The smallest absolute Gasteiger partial charge is 0.246 e. The Bertz CT molecular complexity index is 396. The summed E-state index contributed by atoms with van der Waals surface area (Å²) < 4.78 is 9.89. The summed E-state index contributed by atoms with van der Waals surface area (Å²) in [6.45, 7) is -0.236. The maximum absolute atomic E-state index is 8.75. The number of rotatable bonds is 3. The van der Waals surface area contributed by atoms with Crippen molar-refractivity contribution in [2.45, 2.75) is 6.04 Å². The molecule has 0 aromatic carbocycles. The summed E-state index contributed by atoms with van der Waals surface area (Å²) in [5.74, 6) is 1.03. The van der Waals surface area contributed by atoms with E-state index in [1.54, 1.807) is 12.1 Å². The van der Waals surface area contributed by atoms with E-state index in [0.29, 0.717) is 11.6 Å². The molecule has 0 saturated heterocycles. The second kappa shape index (κ2) is 3.60. The predicted molar refractivity (Wildman–Crippen MR) is 46.0 cm³/mol. The van der Waals surface area contributed by atoms with Gasteiger partial charge in [-0.2, -0.15) is 4.98 Å². The molecular weight excluding hydrogens is 186 g/mol. The number of aliphatic hydroxyl groups excluding tert-OH is 1. The molecule has 2 aromatic rings. The van der Waals surface area contributed by atoms with E-state index in [2.05, 4.69) is 10.1 Å². The van der Waals surface area contributed by atoms with E-state index in [0.717, 1.165) is 0 Å². The maximum Gasteiger partial charge on any atom is 0.246 e. The van der Waals surface area contributed by atoms with E-state index in [-0.39, 0.29) is 12.5 Å². The lowest BCUT2D eigenvalue weighted by Crippen LogP contribution is -2.14. The normalized spacial score (nSPS) is 13.0. The fourth-order valence-electron chi connectivity index (χ4n) is 0.970. The van der Waals surface area contributed by atoms with E-state index in [9.17, 15) is 0 Å². The zero-order chi connectivity index (χ0) is 9.97. The maximum atomic E-state index is 8.75. The molecule has 2 heterocycles. The highest BCUT2D eigenvalue weighted by atomic mass is 16.5. The Morgan fingerprint density at radius 2 is 2.43 bits per heavy atom. The standard InChI is InChI=1S/C8H9N3O3/c9-5(4-12)8-10-7(11-14-8)6-2-1-3-13-6/h1-3,5,12H,4,9H2/t5-/m1/s1. The molecular formula is C8H9N3O3. The lowest BCUT2D eigenvalue weighted by molar-refractivity contribution is 0.237. The van der Waals surface area contributed by atoms with Crippen LogP contribution in [0.15, 0.2) is 27.3 Å². The molecule has 0 saturated carbocycles. The summed E-state index contributed by atoms with van der Waals surface area (Å²) in [5, 5.41) is 12.4. The number of furan rings is 1.